The molecule has 8 heteroatoms. The van der Waals surface area contributed by atoms with E-state index in [0.717, 1.165) is 56.6 Å². The van der Waals surface area contributed by atoms with Gasteiger partial charge in [-0.25, -0.2) is 0 Å². The van der Waals surface area contributed by atoms with Gasteiger partial charge in [0.15, 0.2) is 0 Å². The lowest BCUT2D eigenvalue weighted by Crippen LogP contribution is -2.40. The third-order valence-electron chi connectivity index (χ3n) is 7.56. The number of thiocarbonyl (C=S) groups is 1. The monoisotopic (exact) mass is 562 g/mol. The lowest BCUT2D eigenvalue weighted by molar-refractivity contribution is -0.122. The van der Waals surface area contributed by atoms with E-state index in [4.69, 9.17) is 12.2 Å². The fraction of sp³-hybridized carbons (Fsp3) is 0.484. The molecule has 206 valence electrons. The minimum absolute atomic E-state index is 0.101. The Morgan fingerprint density at radius 3 is 2.49 bits per heavy atom. The minimum Gasteiger partial charge on any atom is -0.357 e. The van der Waals surface area contributed by atoms with Crippen molar-refractivity contribution in [3.8, 4) is 6.07 Å². The first-order valence-electron chi connectivity index (χ1n) is 14.0. The van der Waals surface area contributed by atoms with E-state index >= 15 is 0 Å². The summed E-state index contributed by atoms with van der Waals surface area (Å²) in [5.41, 5.74) is 2.68. The van der Waals surface area contributed by atoms with E-state index in [2.05, 4.69) is 56.0 Å². The normalized spacial score (nSPS) is 17.5. The van der Waals surface area contributed by atoms with Gasteiger partial charge in [0.25, 0.3) is 11.5 Å². The van der Waals surface area contributed by atoms with Gasteiger partial charge in [-0.2, -0.15) is 5.26 Å². The first-order chi connectivity index (χ1) is 18.7. The molecule has 0 saturated carbocycles. The van der Waals surface area contributed by atoms with Gasteiger partial charge in [0.2, 0.25) is 0 Å². The van der Waals surface area contributed by atoms with Gasteiger partial charge in [0.05, 0.1) is 4.91 Å². The summed E-state index contributed by atoms with van der Waals surface area (Å²) in [6.07, 6.45) is 6.74. The fourth-order valence-electron chi connectivity index (χ4n) is 5.46. The molecule has 0 N–H and O–H groups in total. The molecule has 0 spiro atoms. The molecular formula is C31H38N4O2S2. The molecular weight excluding hydrogens is 525 g/mol. The van der Waals surface area contributed by atoms with Crippen molar-refractivity contribution in [3.63, 3.8) is 0 Å². The summed E-state index contributed by atoms with van der Waals surface area (Å²) in [6.45, 7) is 10.8. The van der Waals surface area contributed by atoms with E-state index in [9.17, 15) is 14.9 Å². The number of benzene rings is 1. The number of piperidine rings is 1. The first-order valence-corrected chi connectivity index (χ1v) is 15.2. The quantitative estimate of drug-likeness (QED) is 0.270. The standard InChI is InChI=1S/C31H38N4O2S2/c1-5-6-14-34-28(33-15-12-24(13-16-33)17-23-10-8-7-9-11-23)25(22(4)26(19-32)29(34)36)18-27-30(37)35(20-21(2)3)31(38)39-27/h7-11,18,21,24H,5-6,12-17,20H2,1-4H3/b27-18-. The Kier molecular flexibility index (Phi) is 9.68. The Balaban J connectivity index is 1.74. The van der Waals surface area contributed by atoms with Gasteiger partial charge in [-0.3, -0.25) is 19.1 Å². The predicted molar refractivity (Wildman–Crippen MR) is 165 cm³/mol. The zero-order chi connectivity index (χ0) is 28.1. The van der Waals surface area contributed by atoms with E-state index < -0.39 is 0 Å². The molecule has 0 atom stereocenters. The third-order valence-corrected chi connectivity index (χ3v) is 8.94. The Labute approximate surface area is 241 Å². The van der Waals surface area contributed by atoms with Crippen LogP contribution >= 0.6 is 24.0 Å². The predicted octanol–water partition coefficient (Wildman–Crippen LogP) is 6.14. The molecule has 1 aromatic carbocycles. The lowest BCUT2D eigenvalue weighted by Gasteiger charge is -2.36. The summed E-state index contributed by atoms with van der Waals surface area (Å²) in [5.74, 6) is 1.60. The van der Waals surface area contributed by atoms with Gasteiger partial charge >= 0.3 is 0 Å². The summed E-state index contributed by atoms with van der Waals surface area (Å²) < 4.78 is 2.34. The number of unbranched alkanes of at least 4 members (excludes halogenated alkanes) is 1. The number of anilines is 1. The Morgan fingerprint density at radius 2 is 1.87 bits per heavy atom. The van der Waals surface area contributed by atoms with Gasteiger partial charge in [-0.15, -0.1) is 0 Å². The highest BCUT2D eigenvalue weighted by Crippen LogP contribution is 2.37. The van der Waals surface area contributed by atoms with Crippen LogP contribution < -0.4 is 10.5 Å². The number of hydrogen-bond acceptors (Lipinski definition) is 6. The number of thioether (sulfide) groups is 1. The molecule has 2 fully saturated rings. The van der Waals surface area contributed by atoms with Crippen LogP contribution in [0.15, 0.2) is 40.0 Å². The maximum Gasteiger partial charge on any atom is 0.270 e. The third kappa shape index (κ3) is 6.47. The first kappa shape index (κ1) is 29.1. The average Bonchev–Trinajstić information content (AvgIpc) is 3.18. The Hall–Kier alpha value is -2.89. The van der Waals surface area contributed by atoms with Crippen LogP contribution in [0, 0.1) is 30.1 Å². The number of pyridine rings is 1. The number of carbonyl (C=O) groups is 1. The van der Waals surface area contributed by atoms with Gasteiger partial charge in [-0.05, 0) is 61.6 Å². The van der Waals surface area contributed by atoms with Crippen molar-refractivity contribution >= 4 is 46.1 Å². The van der Waals surface area contributed by atoms with E-state index in [1.807, 2.05) is 19.1 Å². The molecule has 2 aromatic rings. The van der Waals surface area contributed by atoms with E-state index in [0.29, 0.717) is 39.7 Å². The highest BCUT2D eigenvalue weighted by Gasteiger charge is 2.34. The van der Waals surface area contributed by atoms with Gasteiger partial charge < -0.3 is 4.90 Å². The summed E-state index contributed by atoms with van der Waals surface area (Å²) in [5, 5.41) is 9.95. The number of nitrogens with zero attached hydrogens (tertiary/aromatic N) is 4. The number of nitriles is 1. The number of amides is 1. The van der Waals surface area contributed by atoms with Gasteiger partial charge in [0, 0.05) is 31.7 Å². The second-order valence-electron chi connectivity index (χ2n) is 11.0. The van der Waals surface area contributed by atoms with E-state index in [1.165, 1.54) is 17.3 Å². The molecule has 0 radical (unpaired) electrons. The van der Waals surface area contributed by atoms with Crippen molar-refractivity contribution in [3.05, 3.63) is 67.8 Å². The molecule has 4 rings (SSSR count). The average molecular weight is 563 g/mol. The zero-order valence-electron chi connectivity index (χ0n) is 23.4. The topological polar surface area (TPSA) is 69.3 Å². The van der Waals surface area contributed by atoms with Crippen molar-refractivity contribution in [2.24, 2.45) is 11.8 Å². The van der Waals surface area contributed by atoms with Gasteiger partial charge in [0.1, 0.15) is 21.8 Å². The maximum atomic E-state index is 13.6. The Morgan fingerprint density at radius 1 is 1.18 bits per heavy atom. The van der Waals surface area contributed by atoms with Crippen molar-refractivity contribution in [2.75, 3.05) is 24.5 Å². The zero-order valence-corrected chi connectivity index (χ0v) is 25.0. The van der Waals surface area contributed by atoms with Crippen LogP contribution in [0.3, 0.4) is 0 Å². The highest BCUT2D eigenvalue weighted by atomic mass is 32.2. The highest BCUT2D eigenvalue weighted by molar-refractivity contribution is 8.26. The molecule has 2 saturated heterocycles. The van der Waals surface area contributed by atoms with Crippen molar-refractivity contribution in [1.82, 2.24) is 9.47 Å². The second-order valence-corrected chi connectivity index (χ2v) is 12.6. The van der Waals surface area contributed by atoms with Crippen molar-refractivity contribution < 1.29 is 4.79 Å². The molecule has 1 aromatic heterocycles. The molecule has 6 nitrogen and oxygen atoms in total. The van der Waals surface area contributed by atoms with Crippen molar-refractivity contribution in [1.29, 1.82) is 5.26 Å². The summed E-state index contributed by atoms with van der Waals surface area (Å²) in [4.78, 5) is 31.4. The van der Waals surface area contributed by atoms with Crippen LogP contribution in [-0.4, -0.2) is 39.3 Å². The number of aromatic nitrogens is 1. The molecule has 1 amide bonds. The minimum atomic E-state index is -0.241. The molecule has 2 aliphatic rings. The van der Waals surface area contributed by atoms with Crippen LogP contribution in [0.2, 0.25) is 0 Å². The fourth-order valence-corrected chi connectivity index (χ4v) is 6.72. The molecule has 0 aliphatic carbocycles. The van der Waals surface area contributed by atoms with Crippen LogP contribution in [0.1, 0.15) is 68.7 Å². The van der Waals surface area contributed by atoms with E-state index in [-0.39, 0.29) is 17.0 Å². The van der Waals surface area contributed by atoms with E-state index in [1.54, 1.807) is 9.47 Å². The van der Waals surface area contributed by atoms with Crippen LogP contribution in [-0.2, 0) is 17.8 Å². The molecule has 0 unspecified atom stereocenters. The van der Waals surface area contributed by atoms with Crippen LogP contribution in [0.25, 0.3) is 6.08 Å². The van der Waals surface area contributed by atoms with Crippen LogP contribution in [0.5, 0.6) is 0 Å². The summed E-state index contributed by atoms with van der Waals surface area (Å²) >= 11 is 6.85. The summed E-state index contributed by atoms with van der Waals surface area (Å²) in [7, 11) is 0. The Bertz CT molecular complexity index is 1350. The van der Waals surface area contributed by atoms with Crippen LogP contribution in [0.4, 0.5) is 5.82 Å². The second kappa shape index (κ2) is 13.0. The number of rotatable bonds is 9. The largest absolute Gasteiger partial charge is 0.357 e. The molecule has 3 heterocycles. The lowest BCUT2D eigenvalue weighted by atomic mass is 9.90. The maximum absolute atomic E-state index is 13.6. The number of carbonyl (C=O) groups excluding carboxylic acids is 1. The molecule has 39 heavy (non-hydrogen) atoms. The SMILES string of the molecule is CCCCn1c(N2CCC(Cc3ccccc3)CC2)c(/C=C2\SC(=S)N(CC(C)C)C2=O)c(C)c(C#N)c1=O. The van der Waals surface area contributed by atoms with Gasteiger partial charge in [-0.1, -0.05) is 81.5 Å². The smallest absolute Gasteiger partial charge is 0.270 e. The summed E-state index contributed by atoms with van der Waals surface area (Å²) in [6, 6.07) is 12.8. The molecule has 0 bridgehead atoms. The number of hydrogen-bond donors (Lipinski definition) is 0. The van der Waals surface area contributed by atoms with Crippen molar-refractivity contribution in [2.45, 2.75) is 66.3 Å². The molecule has 2 aliphatic heterocycles.